The van der Waals surface area contributed by atoms with Crippen LogP contribution in [0.25, 0.3) is 0 Å². The minimum atomic E-state index is -1.08. The largest absolute Gasteiger partial charge is 0.478 e. The maximum Gasteiger partial charge on any atom is 0.338 e. The number of ether oxygens (including phenoxy) is 1. The summed E-state index contributed by atoms with van der Waals surface area (Å²) in [6, 6.07) is 1.36. The van der Waals surface area contributed by atoms with Gasteiger partial charge in [0.05, 0.1) is 11.7 Å². The Hall–Kier alpha value is -1.78. The zero-order valence-corrected chi connectivity index (χ0v) is 10.3. The minimum absolute atomic E-state index is 0.0201. The lowest BCUT2D eigenvalue weighted by Crippen LogP contribution is -2.17. The number of aromatic carboxylic acids is 1. The summed E-state index contributed by atoms with van der Waals surface area (Å²) in [4.78, 5) is 14.8. The number of carboxylic acid groups (broad SMARTS) is 1. The van der Waals surface area contributed by atoms with Crippen LogP contribution in [-0.2, 0) is 0 Å². The molecule has 0 saturated heterocycles. The van der Waals surface area contributed by atoms with Gasteiger partial charge in [0.15, 0.2) is 0 Å². The van der Waals surface area contributed by atoms with Crippen LogP contribution in [0.4, 0.5) is 5.69 Å². The number of pyridine rings is 1. The zero-order chi connectivity index (χ0) is 13.0. The fraction of sp³-hybridized carbons (Fsp3) is 0.500. The van der Waals surface area contributed by atoms with Crippen molar-refractivity contribution >= 4 is 11.7 Å². The molecule has 1 heterocycles. The van der Waals surface area contributed by atoms with E-state index in [4.69, 9.17) is 15.6 Å². The molecule has 3 N–H and O–H groups in total. The van der Waals surface area contributed by atoms with E-state index in [1.807, 2.05) is 6.92 Å². The van der Waals surface area contributed by atoms with Crippen LogP contribution in [0.5, 0.6) is 5.88 Å². The first kappa shape index (κ1) is 13.3. The number of hydrogen-bond donors (Lipinski definition) is 2. The summed E-state index contributed by atoms with van der Waals surface area (Å²) >= 11 is 0. The lowest BCUT2D eigenvalue weighted by molar-refractivity contribution is 0.0697. The van der Waals surface area contributed by atoms with Crippen LogP contribution >= 0.6 is 0 Å². The zero-order valence-electron chi connectivity index (χ0n) is 10.3. The average molecular weight is 238 g/mol. The standard InChI is InChI=1S/C12H18N2O3/c1-7(2)6-8(3)17-11-10(13)9(12(15)16)4-5-14-11/h4-5,7-8H,6,13H2,1-3H3,(H,15,16). The Kier molecular flexibility index (Phi) is 4.31. The molecule has 0 radical (unpaired) electrons. The molecule has 1 aromatic rings. The number of carboxylic acids is 1. The van der Waals surface area contributed by atoms with E-state index < -0.39 is 5.97 Å². The molecular weight excluding hydrogens is 220 g/mol. The second kappa shape index (κ2) is 5.52. The van der Waals surface area contributed by atoms with Crippen molar-refractivity contribution in [2.75, 3.05) is 5.73 Å². The van der Waals surface area contributed by atoms with E-state index in [1.165, 1.54) is 12.3 Å². The number of carbonyl (C=O) groups is 1. The molecule has 17 heavy (non-hydrogen) atoms. The van der Waals surface area contributed by atoms with Crippen molar-refractivity contribution in [1.82, 2.24) is 4.98 Å². The molecule has 1 rings (SSSR count). The molecule has 0 fully saturated rings. The van der Waals surface area contributed by atoms with Gasteiger partial charge in [-0.15, -0.1) is 0 Å². The summed E-state index contributed by atoms with van der Waals surface area (Å²) in [5.41, 5.74) is 5.79. The Balaban J connectivity index is 2.85. The van der Waals surface area contributed by atoms with Gasteiger partial charge in [0.1, 0.15) is 5.69 Å². The van der Waals surface area contributed by atoms with Gasteiger partial charge in [0.2, 0.25) is 5.88 Å². The molecule has 0 spiro atoms. The predicted octanol–water partition coefficient (Wildman–Crippen LogP) is 2.18. The maximum absolute atomic E-state index is 10.9. The summed E-state index contributed by atoms with van der Waals surface area (Å²) in [5, 5.41) is 8.91. The SMILES string of the molecule is CC(C)CC(C)Oc1nccc(C(=O)O)c1N. The maximum atomic E-state index is 10.9. The third-order valence-electron chi connectivity index (χ3n) is 2.30. The molecule has 0 amide bonds. The molecule has 0 saturated carbocycles. The molecule has 0 aliphatic rings. The average Bonchev–Trinajstić information content (AvgIpc) is 2.19. The third kappa shape index (κ3) is 3.62. The molecule has 0 bridgehead atoms. The van der Waals surface area contributed by atoms with Crippen LogP contribution < -0.4 is 10.5 Å². The number of nitrogens with zero attached hydrogens (tertiary/aromatic N) is 1. The lowest BCUT2D eigenvalue weighted by atomic mass is 10.1. The van der Waals surface area contributed by atoms with Crippen LogP contribution in [0.2, 0.25) is 0 Å². The highest BCUT2D eigenvalue weighted by Crippen LogP contribution is 2.24. The molecule has 5 heteroatoms. The molecule has 5 nitrogen and oxygen atoms in total. The van der Waals surface area contributed by atoms with Crippen molar-refractivity contribution in [3.05, 3.63) is 17.8 Å². The first-order chi connectivity index (χ1) is 7.91. The van der Waals surface area contributed by atoms with E-state index in [2.05, 4.69) is 18.8 Å². The molecular formula is C12H18N2O3. The summed E-state index contributed by atoms with van der Waals surface area (Å²) in [6.07, 6.45) is 2.20. The van der Waals surface area contributed by atoms with Gasteiger partial charge in [0.25, 0.3) is 0 Å². The highest BCUT2D eigenvalue weighted by molar-refractivity contribution is 5.94. The Morgan fingerprint density at radius 1 is 1.53 bits per heavy atom. The van der Waals surface area contributed by atoms with Gasteiger partial charge >= 0.3 is 5.97 Å². The number of nitrogen functional groups attached to an aromatic ring is 1. The molecule has 94 valence electrons. The predicted molar refractivity (Wildman–Crippen MR) is 65.2 cm³/mol. The summed E-state index contributed by atoms with van der Waals surface area (Å²) in [5.74, 6) is -0.391. The first-order valence-electron chi connectivity index (χ1n) is 5.56. The third-order valence-corrected chi connectivity index (χ3v) is 2.30. The van der Waals surface area contributed by atoms with Crippen LogP contribution in [0, 0.1) is 5.92 Å². The van der Waals surface area contributed by atoms with E-state index in [9.17, 15) is 4.79 Å². The first-order valence-corrected chi connectivity index (χ1v) is 5.56. The van der Waals surface area contributed by atoms with Crippen LogP contribution in [-0.4, -0.2) is 22.2 Å². The van der Waals surface area contributed by atoms with Crippen molar-refractivity contribution in [1.29, 1.82) is 0 Å². The molecule has 0 aliphatic heterocycles. The normalized spacial score (nSPS) is 12.5. The number of nitrogens with two attached hydrogens (primary N) is 1. The van der Waals surface area contributed by atoms with E-state index in [-0.39, 0.29) is 23.2 Å². The smallest absolute Gasteiger partial charge is 0.338 e. The summed E-state index contributed by atoms with van der Waals surface area (Å²) < 4.78 is 5.55. The van der Waals surface area contributed by atoms with E-state index in [0.717, 1.165) is 6.42 Å². The van der Waals surface area contributed by atoms with Gasteiger partial charge in [-0.1, -0.05) is 13.8 Å². The van der Waals surface area contributed by atoms with Crippen molar-refractivity contribution in [2.45, 2.75) is 33.3 Å². The topological polar surface area (TPSA) is 85.4 Å². The van der Waals surface area contributed by atoms with Gasteiger partial charge in [-0.2, -0.15) is 0 Å². The van der Waals surface area contributed by atoms with E-state index in [0.29, 0.717) is 5.92 Å². The molecule has 1 unspecified atom stereocenters. The second-order valence-electron chi connectivity index (χ2n) is 4.44. The van der Waals surface area contributed by atoms with Gasteiger partial charge in [0, 0.05) is 6.20 Å². The number of anilines is 1. The van der Waals surface area contributed by atoms with Crippen LogP contribution in [0.3, 0.4) is 0 Å². The van der Waals surface area contributed by atoms with Crippen LogP contribution in [0.1, 0.15) is 37.6 Å². The lowest BCUT2D eigenvalue weighted by Gasteiger charge is -2.17. The molecule has 0 aliphatic carbocycles. The molecule has 1 atom stereocenters. The Morgan fingerprint density at radius 3 is 2.71 bits per heavy atom. The van der Waals surface area contributed by atoms with Gasteiger partial charge in [-0.05, 0) is 25.3 Å². The molecule has 1 aromatic heterocycles. The van der Waals surface area contributed by atoms with Crippen molar-refractivity contribution in [3.63, 3.8) is 0 Å². The number of hydrogen-bond acceptors (Lipinski definition) is 4. The fourth-order valence-corrected chi connectivity index (χ4v) is 1.64. The Bertz CT molecular complexity index is 405. The van der Waals surface area contributed by atoms with Crippen LogP contribution in [0.15, 0.2) is 12.3 Å². The number of rotatable bonds is 5. The number of aromatic nitrogens is 1. The van der Waals surface area contributed by atoms with Crippen molar-refractivity contribution < 1.29 is 14.6 Å². The highest BCUT2D eigenvalue weighted by atomic mass is 16.5. The Morgan fingerprint density at radius 2 is 2.18 bits per heavy atom. The van der Waals surface area contributed by atoms with Crippen molar-refractivity contribution in [2.24, 2.45) is 5.92 Å². The fourth-order valence-electron chi connectivity index (χ4n) is 1.64. The van der Waals surface area contributed by atoms with Gasteiger partial charge < -0.3 is 15.6 Å². The van der Waals surface area contributed by atoms with Gasteiger partial charge in [-0.3, -0.25) is 0 Å². The molecule has 0 aromatic carbocycles. The summed E-state index contributed by atoms with van der Waals surface area (Å²) in [6.45, 7) is 6.09. The Labute approximate surface area is 101 Å². The second-order valence-corrected chi connectivity index (χ2v) is 4.44. The van der Waals surface area contributed by atoms with E-state index >= 15 is 0 Å². The van der Waals surface area contributed by atoms with Gasteiger partial charge in [-0.25, -0.2) is 9.78 Å². The quantitative estimate of drug-likeness (QED) is 0.821. The monoisotopic (exact) mass is 238 g/mol. The van der Waals surface area contributed by atoms with Crippen molar-refractivity contribution in [3.8, 4) is 5.88 Å². The van der Waals surface area contributed by atoms with E-state index in [1.54, 1.807) is 0 Å². The summed E-state index contributed by atoms with van der Waals surface area (Å²) in [7, 11) is 0. The highest BCUT2D eigenvalue weighted by Gasteiger charge is 2.15. The minimum Gasteiger partial charge on any atom is -0.478 e.